The van der Waals surface area contributed by atoms with Gasteiger partial charge in [0.25, 0.3) is 0 Å². The number of carboxylic acids is 1. The van der Waals surface area contributed by atoms with Gasteiger partial charge in [-0.3, -0.25) is 19.2 Å². The summed E-state index contributed by atoms with van der Waals surface area (Å²) in [5.41, 5.74) is 8.42. The zero-order valence-electron chi connectivity index (χ0n) is 22.1. The van der Waals surface area contributed by atoms with E-state index in [2.05, 4.69) is 16.0 Å². The van der Waals surface area contributed by atoms with Gasteiger partial charge in [0.1, 0.15) is 23.9 Å². The van der Waals surface area contributed by atoms with E-state index in [4.69, 9.17) is 5.73 Å². The Hall–Kier alpha value is -4.70. The predicted molar refractivity (Wildman–Crippen MR) is 149 cm³/mol. The van der Waals surface area contributed by atoms with E-state index >= 15 is 0 Å². The number of hydrogen-bond donors (Lipinski definition) is 6. The number of benzene rings is 3. The van der Waals surface area contributed by atoms with Crippen molar-refractivity contribution in [1.29, 1.82) is 0 Å². The number of carbonyl (C=O) groups excluding carboxylic acids is 3. The first-order valence-corrected chi connectivity index (χ1v) is 12.9. The summed E-state index contributed by atoms with van der Waals surface area (Å²) in [6.07, 6.45) is 0.421. The van der Waals surface area contributed by atoms with Crippen LogP contribution in [0.2, 0.25) is 0 Å². The van der Waals surface area contributed by atoms with Gasteiger partial charge >= 0.3 is 5.97 Å². The Bertz CT molecular complexity index is 1280. The molecule has 3 rings (SSSR count). The molecular formula is C30H34N4O6. The lowest BCUT2D eigenvalue weighted by molar-refractivity contribution is -0.141. The Labute approximate surface area is 232 Å². The van der Waals surface area contributed by atoms with E-state index in [-0.39, 0.29) is 25.0 Å². The normalized spacial score (nSPS) is 13.8. The van der Waals surface area contributed by atoms with Gasteiger partial charge in [-0.25, -0.2) is 0 Å². The van der Waals surface area contributed by atoms with Crippen molar-refractivity contribution in [3.05, 3.63) is 102 Å². The molecule has 0 fully saturated rings. The largest absolute Gasteiger partial charge is 0.508 e. The fraction of sp³-hybridized carbons (Fsp3) is 0.267. The van der Waals surface area contributed by atoms with E-state index in [1.54, 1.807) is 12.1 Å². The summed E-state index contributed by atoms with van der Waals surface area (Å²) in [5, 5.41) is 26.6. The fourth-order valence-electron chi connectivity index (χ4n) is 4.02. The van der Waals surface area contributed by atoms with Crippen LogP contribution in [0.1, 0.15) is 23.6 Å². The van der Waals surface area contributed by atoms with E-state index < -0.39 is 47.9 Å². The van der Waals surface area contributed by atoms with Crippen LogP contribution in [0.15, 0.2) is 84.9 Å². The number of hydrogen-bond acceptors (Lipinski definition) is 6. The van der Waals surface area contributed by atoms with Gasteiger partial charge in [0.15, 0.2) is 0 Å². The number of carboxylic acid groups (broad SMARTS) is 1. The van der Waals surface area contributed by atoms with E-state index in [0.717, 1.165) is 11.1 Å². The van der Waals surface area contributed by atoms with Gasteiger partial charge in [0, 0.05) is 12.8 Å². The van der Waals surface area contributed by atoms with Crippen LogP contribution in [0.25, 0.3) is 0 Å². The number of amides is 3. The molecule has 0 bridgehead atoms. The first kappa shape index (κ1) is 29.9. The van der Waals surface area contributed by atoms with Crippen LogP contribution in [-0.2, 0) is 38.4 Å². The summed E-state index contributed by atoms with van der Waals surface area (Å²) in [6, 6.07) is 20.1. The highest BCUT2D eigenvalue weighted by Gasteiger charge is 2.30. The SMILES string of the molecule is CC(NC(=O)C(Cc1ccc(O)cc1)NC(=O)C(Cc1ccccc1)NC(=O)C(N)Cc1ccccc1)C(=O)O. The third kappa shape index (κ3) is 9.25. The minimum absolute atomic E-state index is 0.0176. The number of nitrogens with one attached hydrogen (secondary N) is 3. The van der Waals surface area contributed by atoms with Crippen molar-refractivity contribution in [2.75, 3.05) is 0 Å². The number of nitrogens with two attached hydrogens (primary N) is 1. The van der Waals surface area contributed by atoms with Crippen LogP contribution in [-0.4, -0.2) is 58.1 Å². The Morgan fingerprint density at radius 3 is 1.57 bits per heavy atom. The highest BCUT2D eigenvalue weighted by atomic mass is 16.4. The lowest BCUT2D eigenvalue weighted by Crippen LogP contribution is -2.58. The number of rotatable bonds is 13. The van der Waals surface area contributed by atoms with Crippen molar-refractivity contribution in [2.24, 2.45) is 5.73 Å². The van der Waals surface area contributed by atoms with E-state index in [9.17, 15) is 29.4 Å². The zero-order valence-corrected chi connectivity index (χ0v) is 22.1. The Balaban J connectivity index is 1.80. The monoisotopic (exact) mass is 546 g/mol. The second-order valence-corrected chi connectivity index (χ2v) is 9.55. The summed E-state index contributed by atoms with van der Waals surface area (Å²) < 4.78 is 0. The number of phenolic OH excluding ortho intramolecular Hbond substituents is 1. The molecule has 0 radical (unpaired) electrons. The van der Waals surface area contributed by atoms with Gasteiger partial charge in [-0.05, 0) is 42.2 Å². The zero-order chi connectivity index (χ0) is 29.1. The molecule has 0 aliphatic rings. The molecule has 4 atom stereocenters. The topological polar surface area (TPSA) is 171 Å². The number of phenols is 1. The Kier molecular flexibility index (Phi) is 10.8. The molecule has 0 heterocycles. The molecule has 4 unspecified atom stereocenters. The lowest BCUT2D eigenvalue weighted by Gasteiger charge is -2.25. The molecule has 10 nitrogen and oxygen atoms in total. The standard InChI is InChI=1S/C30H34N4O6/c1-19(30(39)40)32-28(37)25(18-22-12-14-23(35)15-13-22)34-29(38)26(17-21-10-6-3-7-11-21)33-27(36)24(31)16-20-8-4-2-5-9-20/h2-15,19,24-26,35H,16-18,31H2,1H3,(H,32,37)(H,33,36)(H,34,38)(H,39,40). The van der Waals surface area contributed by atoms with E-state index in [1.165, 1.54) is 19.1 Å². The highest BCUT2D eigenvalue weighted by Crippen LogP contribution is 2.12. The average molecular weight is 547 g/mol. The molecule has 3 aromatic carbocycles. The van der Waals surface area contributed by atoms with Crippen LogP contribution in [0.5, 0.6) is 5.75 Å². The molecule has 0 aliphatic heterocycles. The maximum atomic E-state index is 13.5. The summed E-state index contributed by atoms with van der Waals surface area (Å²) in [5.74, 6) is -3.07. The van der Waals surface area contributed by atoms with Crippen LogP contribution < -0.4 is 21.7 Å². The van der Waals surface area contributed by atoms with Crippen molar-refractivity contribution in [3.63, 3.8) is 0 Å². The summed E-state index contributed by atoms with van der Waals surface area (Å²) in [4.78, 5) is 50.9. The molecule has 0 spiro atoms. The van der Waals surface area contributed by atoms with Crippen molar-refractivity contribution in [2.45, 2.75) is 50.4 Å². The van der Waals surface area contributed by atoms with Crippen molar-refractivity contribution >= 4 is 23.7 Å². The molecule has 0 aromatic heterocycles. The Morgan fingerprint density at radius 2 is 1.07 bits per heavy atom. The average Bonchev–Trinajstić information content (AvgIpc) is 2.94. The maximum Gasteiger partial charge on any atom is 0.325 e. The van der Waals surface area contributed by atoms with Gasteiger partial charge in [-0.15, -0.1) is 0 Å². The van der Waals surface area contributed by atoms with Gasteiger partial charge in [0.2, 0.25) is 17.7 Å². The highest BCUT2D eigenvalue weighted by molar-refractivity contribution is 5.94. The molecule has 3 amide bonds. The van der Waals surface area contributed by atoms with Crippen LogP contribution >= 0.6 is 0 Å². The fourth-order valence-corrected chi connectivity index (χ4v) is 4.02. The van der Waals surface area contributed by atoms with Crippen molar-refractivity contribution in [1.82, 2.24) is 16.0 Å². The van der Waals surface area contributed by atoms with Gasteiger partial charge < -0.3 is 31.9 Å². The van der Waals surface area contributed by atoms with Gasteiger partial charge in [0.05, 0.1) is 6.04 Å². The minimum atomic E-state index is -1.23. The molecule has 210 valence electrons. The molecular weight excluding hydrogens is 512 g/mol. The number of carbonyl (C=O) groups is 4. The number of aliphatic carboxylic acids is 1. The third-order valence-electron chi connectivity index (χ3n) is 6.29. The summed E-state index contributed by atoms with van der Waals surface area (Å²) in [6.45, 7) is 1.31. The molecule has 0 saturated heterocycles. The second-order valence-electron chi connectivity index (χ2n) is 9.55. The molecule has 40 heavy (non-hydrogen) atoms. The third-order valence-corrected chi connectivity index (χ3v) is 6.29. The van der Waals surface area contributed by atoms with Crippen molar-refractivity contribution < 1.29 is 29.4 Å². The quantitative estimate of drug-likeness (QED) is 0.188. The van der Waals surface area contributed by atoms with Crippen LogP contribution in [0, 0.1) is 0 Å². The summed E-state index contributed by atoms with van der Waals surface area (Å²) in [7, 11) is 0. The first-order valence-electron chi connectivity index (χ1n) is 12.9. The van der Waals surface area contributed by atoms with Crippen molar-refractivity contribution in [3.8, 4) is 5.75 Å². The maximum absolute atomic E-state index is 13.5. The lowest BCUT2D eigenvalue weighted by atomic mass is 10.0. The molecule has 10 heteroatoms. The smallest absolute Gasteiger partial charge is 0.325 e. The summed E-state index contributed by atoms with van der Waals surface area (Å²) >= 11 is 0. The van der Waals surface area contributed by atoms with Crippen LogP contribution in [0.4, 0.5) is 0 Å². The first-order chi connectivity index (χ1) is 19.1. The Morgan fingerprint density at radius 1 is 0.650 bits per heavy atom. The second kappa shape index (κ2) is 14.5. The van der Waals surface area contributed by atoms with Gasteiger partial charge in [-0.2, -0.15) is 0 Å². The molecule has 3 aromatic rings. The molecule has 0 saturated carbocycles. The minimum Gasteiger partial charge on any atom is -0.508 e. The number of aromatic hydroxyl groups is 1. The van der Waals surface area contributed by atoms with E-state index in [0.29, 0.717) is 5.56 Å². The van der Waals surface area contributed by atoms with E-state index in [1.807, 2.05) is 60.7 Å². The van der Waals surface area contributed by atoms with Gasteiger partial charge in [-0.1, -0.05) is 72.8 Å². The van der Waals surface area contributed by atoms with Crippen LogP contribution in [0.3, 0.4) is 0 Å². The molecule has 0 aliphatic carbocycles. The predicted octanol–water partition coefficient (Wildman–Crippen LogP) is 1.31. The molecule has 7 N–H and O–H groups in total.